The summed E-state index contributed by atoms with van der Waals surface area (Å²) in [5.41, 5.74) is 1.80. The van der Waals surface area contributed by atoms with Gasteiger partial charge in [0.25, 0.3) is 0 Å². The summed E-state index contributed by atoms with van der Waals surface area (Å²) in [5.74, 6) is -1.38. The molecule has 19 heavy (non-hydrogen) atoms. The van der Waals surface area contributed by atoms with E-state index < -0.39 is 18.1 Å². The third-order valence-electron chi connectivity index (χ3n) is 2.52. The first-order valence-electron chi connectivity index (χ1n) is 5.90. The number of aromatic nitrogens is 1. The predicted molar refractivity (Wildman–Crippen MR) is 67.5 cm³/mol. The van der Waals surface area contributed by atoms with Gasteiger partial charge in [-0.15, -0.1) is 0 Å². The van der Waals surface area contributed by atoms with E-state index in [9.17, 15) is 9.59 Å². The molecule has 1 rings (SSSR count). The molecule has 0 aliphatic rings. The van der Waals surface area contributed by atoms with Crippen molar-refractivity contribution < 1.29 is 19.8 Å². The standard InChI is InChI=1S/C12H17N3O4/c1-2-8-4-3-5-13-9(8)6-14-12(19)15-7-10(16)11(17)18/h3-5,10,16H,2,6-7H2,1H3,(H,17,18)(H2,14,15,19)/t10-/m0/s1. The lowest BCUT2D eigenvalue weighted by Gasteiger charge is -2.10. The maximum Gasteiger partial charge on any atom is 0.334 e. The Kier molecular flexibility index (Phi) is 5.74. The number of carboxylic acids is 1. The third-order valence-corrected chi connectivity index (χ3v) is 2.52. The Morgan fingerprint density at radius 1 is 1.42 bits per heavy atom. The van der Waals surface area contributed by atoms with Crippen LogP contribution in [0.5, 0.6) is 0 Å². The molecule has 1 aromatic heterocycles. The van der Waals surface area contributed by atoms with Gasteiger partial charge in [0.15, 0.2) is 6.10 Å². The molecular formula is C12H17N3O4. The van der Waals surface area contributed by atoms with Crippen LogP contribution in [-0.2, 0) is 17.8 Å². The van der Waals surface area contributed by atoms with Crippen molar-refractivity contribution in [3.05, 3.63) is 29.6 Å². The number of nitrogens with one attached hydrogen (secondary N) is 2. The van der Waals surface area contributed by atoms with Gasteiger partial charge in [0, 0.05) is 6.20 Å². The van der Waals surface area contributed by atoms with Crippen LogP contribution in [0.2, 0.25) is 0 Å². The molecule has 1 atom stereocenters. The fraction of sp³-hybridized carbons (Fsp3) is 0.417. The highest BCUT2D eigenvalue weighted by atomic mass is 16.4. The number of pyridine rings is 1. The molecule has 0 fully saturated rings. The van der Waals surface area contributed by atoms with Gasteiger partial charge in [0.1, 0.15) is 0 Å². The Balaban J connectivity index is 2.40. The number of rotatable bonds is 6. The Labute approximate surface area is 110 Å². The summed E-state index contributed by atoms with van der Waals surface area (Å²) in [6.07, 6.45) is 0.846. The summed E-state index contributed by atoms with van der Waals surface area (Å²) >= 11 is 0. The quantitative estimate of drug-likeness (QED) is 0.574. The molecule has 1 aromatic rings. The molecule has 0 saturated carbocycles. The average molecular weight is 267 g/mol. The topological polar surface area (TPSA) is 112 Å². The maximum absolute atomic E-state index is 11.4. The normalized spacial score (nSPS) is 11.7. The van der Waals surface area contributed by atoms with E-state index in [2.05, 4.69) is 15.6 Å². The van der Waals surface area contributed by atoms with Crippen LogP contribution in [0.25, 0.3) is 0 Å². The lowest BCUT2D eigenvalue weighted by atomic mass is 10.1. The van der Waals surface area contributed by atoms with Gasteiger partial charge < -0.3 is 20.8 Å². The molecule has 4 N–H and O–H groups in total. The number of aliphatic carboxylic acids is 1. The van der Waals surface area contributed by atoms with Crippen molar-refractivity contribution in [1.82, 2.24) is 15.6 Å². The second kappa shape index (κ2) is 7.32. The number of aliphatic hydroxyl groups excluding tert-OH is 1. The van der Waals surface area contributed by atoms with E-state index in [1.54, 1.807) is 6.20 Å². The van der Waals surface area contributed by atoms with E-state index in [-0.39, 0.29) is 13.1 Å². The lowest BCUT2D eigenvalue weighted by molar-refractivity contribution is -0.146. The molecule has 0 aliphatic heterocycles. The number of nitrogens with zero attached hydrogens (tertiary/aromatic N) is 1. The molecule has 0 radical (unpaired) electrons. The summed E-state index contributed by atoms with van der Waals surface area (Å²) in [6.45, 7) is 1.90. The number of aryl methyl sites for hydroxylation is 1. The van der Waals surface area contributed by atoms with Crippen molar-refractivity contribution in [1.29, 1.82) is 0 Å². The zero-order valence-corrected chi connectivity index (χ0v) is 10.6. The highest BCUT2D eigenvalue weighted by Crippen LogP contribution is 2.05. The number of carbonyl (C=O) groups excluding carboxylic acids is 1. The Hall–Kier alpha value is -2.15. The van der Waals surface area contributed by atoms with Crippen molar-refractivity contribution in [3.63, 3.8) is 0 Å². The number of carboxylic acid groups (broad SMARTS) is 1. The molecule has 7 nitrogen and oxygen atoms in total. The van der Waals surface area contributed by atoms with Crippen LogP contribution in [0, 0.1) is 0 Å². The molecule has 0 aliphatic carbocycles. The van der Waals surface area contributed by atoms with Gasteiger partial charge in [-0.2, -0.15) is 0 Å². The SMILES string of the molecule is CCc1cccnc1CNC(=O)NC[C@H](O)C(=O)O. The number of hydrogen-bond donors (Lipinski definition) is 4. The van der Waals surface area contributed by atoms with E-state index in [0.717, 1.165) is 17.7 Å². The molecule has 1 heterocycles. The third kappa shape index (κ3) is 4.92. The van der Waals surface area contributed by atoms with Crippen molar-refractivity contribution in [2.75, 3.05) is 6.54 Å². The summed E-state index contributed by atoms with van der Waals surface area (Å²) < 4.78 is 0. The number of carbonyl (C=O) groups is 2. The van der Waals surface area contributed by atoms with Crippen LogP contribution in [0.4, 0.5) is 4.79 Å². The maximum atomic E-state index is 11.4. The second-order valence-electron chi connectivity index (χ2n) is 3.88. The lowest BCUT2D eigenvalue weighted by Crippen LogP contribution is -2.41. The predicted octanol–water partition coefficient (Wildman–Crippen LogP) is -0.111. The zero-order chi connectivity index (χ0) is 14.3. The smallest absolute Gasteiger partial charge is 0.334 e. The van der Waals surface area contributed by atoms with Crippen LogP contribution in [-0.4, -0.2) is 39.8 Å². The van der Waals surface area contributed by atoms with Gasteiger partial charge in [-0.25, -0.2) is 9.59 Å². The van der Waals surface area contributed by atoms with Crippen molar-refractivity contribution >= 4 is 12.0 Å². The Morgan fingerprint density at radius 3 is 2.79 bits per heavy atom. The molecule has 2 amide bonds. The van der Waals surface area contributed by atoms with Gasteiger partial charge in [-0.1, -0.05) is 13.0 Å². The number of urea groups is 1. The summed E-state index contributed by atoms with van der Waals surface area (Å²) in [4.78, 5) is 25.9. The summed E-state index contributed by atoms with van der Waals surface area (Å²) in [7, 11) is 0. The number of hydrogen-bond acceptors (Lipinski definition) is 4. The Bertz CT molecular complexity index is 450. The van der Waals surface area contributed by atoms with Crippen molar-refractivity contribution in [3.8, 4) is 0 Å². The van der Waals surface area contributed by atoms with Crippen LogP contribution < -0.4 is 10.6 Å². The highest BCUT2D eigenvalue weighted by molar-refractivity contribution is 5.76. The van der Waals surface area contributed by atoms with E-state index in [1.165, 1.54) is 0 Å². The molecule has 7 heteroatoms. The minimum Gasteiger partial charge on any atom is -0.479 e. The molecule has 0 unspecified atom stereocenters. The first-order chi connectivity index (χ1) is 9.04. The van der Waals surface area contributed by atoms with Gasteiger partial charge in [-0.3, -0.25) is 4.98 Å². The van der Waals surface area contributed by atoms with Gasteiger partial charge in [0.05, 0.1) is 18.8 Å². The van der Waals surface area contributed by atoms with Crippen molar-refractivity contribution in [2.45, 2.75) is 26.0 Å². The minimum absolute atomic E-state index is 0.249. The second-order valence-corrected chi connectivity index (χ2v) is 3.88. The zero-order valence-electron chi connectivity index (χ0n) is 10.6. The minimum atomic E-state index is -1.60. The van der Waals surface area contributed by atoms with E-state index in [0.29, 0.717) is 0 Å². The van der Waals surface area contributed by atoms with Crippen LogP contribution >= 0.6 is 0 Å². The van der Waals surface area contributed by atoms with Gasteiger partial charge >= 0.3 is 12.0 Å². The van der Waals surface area contributed by atoms with Crippen LogP contribution in [0.1, 0.15) is 18.2 Å². The van der Waals surface area contributed by atoms with E-state index >= 15 is 0 Å². The molecule has 0 spiro atoms. The molecule has 0 bridgehead atoms. The van der Waals surface area contributed by atoms with Gasteiger partial charge in [0.2, 0.25) is 0 Å². The first kappa shape index (κ1) is 14.9. The van der Waals surface area contributed by atoms with Crippen LogP contribution in [0.3, 0.4) is 0 Å². The first-order valence-corrected chi connectivity index (χ1v) is 5.90. The van der Waals surface area contributed by atoms with E-state index in [1.807, 2.05) is 19.1 Å². The molecule has 0 saturated heterocycles. The summed E-state index contributed by atoms with van der Waals surface area (Å²) in [5, 5.41) is 22.2. The monoisotopic (exact) mass is 267 g/mol. The molecular weight excluding hydrogens is 250 g/mol. The summed E-state index contributed by atoms with van der Waals surface area (Å²) in [6, 6.07) is 3.20. The molecule has 0 aromatic carbocycles. The number of aliphatic hydroxyl groups is 1. The fourth-order valence-electron chi connectivity index (χ4n) is 1.46. The van der Waals surface area contributed by atoms with E-state index in [4.69, 9.17) is 10.2 Å². The highest BCUT2D eigenvalue weighted by Gasteiger charge is 2.14. The Morgan fingerprint density at radius 2 is 2.16 bits per heavy atom. The fourth-order valence-corrected chi connectivity index (χ4v) is 1.46. The van der Waals surface area contributed by atoms with Gasteiger partial charge in [-0.05, 0) is 18.1 Å². The largest absolute Gasteiger partial charge is 0.479 e. The molecule has 104 valence electrons. The average Bonchev–Trinajstić information content (AvgIpc) is 2.42. The van der Waals surface area contributed by atoms with Crippen molar-refractivity contribution in [2.24, 2.45) is 0 Å². The number of amides is 2. The van der Waals surface area contributed by atoms with Crippen LogP contribution in [0.15, 0.2) is 18.3 Å².